The van der Waals surface area contributed by atoms with Gasteiger partial charge in [-0.25, -0.2) is 4.39 Å². The van der Waals surface area contributed by atoms with Crippen LogP contribution in [0.4, 0.5) is 4.39 Å². The Morgan fingerprint density at radius 2 is 2.28 bits per heavy atom. The van der Waals surface area contributed by atoms with Crippen molar-refractivity contribution in [2.24, 2.45) is 0 Å². The van der Waals surface area contributed by atoms with Gasteiger partial charge in [-0.3, -0.25) is 0 Å². The Hall–Kier alpha value is -0.710. The monoisotopic (exact) mass is 315 g/mol. The van der Waals surface area contributed by atoms with Crippen molar-refractivity contribution >= 4 is 15.9 Å². The van der Waals surface area contributed by atoms with Crippen molar-refractivity contribution in [3.05, 3.63) is 46.7 Å². The molecule has 0 saturated heterocycles. The largest absolute Gasteiger partial charge is 0.380 e. The Balaban J connectivity index is 2.31. The third-order valence-electron chi connectivity index (χ3n) is 2.59. The number of halogens is 2. The van der Waals surface area contributed by atoms with Gasteiger partial charge in [-0.1, -0.05) is 28.1 Å². The fourth-order valence-corrected chi connectivity index (χ4v) is 1.91. The lowest BCUT2D eigenvalue weighted by atomic mass is 10.1. The maximum atomic E-state index is 13.7. The van der Waals surface area contributed by atoms with Crippen LogP contribution >= 0.6 is 15.9 Å². The molecular formula is C14H19BrFNO. The van der Waals surface area contributed by atoms with Gasteiger partial charge < -0.3 is 10.1 Å². The van der Waals surface area contributed by atoms with E-state index in [1.54, 1.807) is 6.07 Å². The van der Waals surface area contributed by atoms with Gasteiger partial charge in [0.25, 0.3) is 0 Å². The third-order valence-corrected chi connectivity index (χ3v) is 3.09. The maximum absolute atomic E-state index is 13.7. The zero-order valence-electron chi connectivity index (χ0n) is 10.6. The summed E-state index contributed by atoms with van der Waals surface area (Å²) in [4.78, 5) is 0. The highest BCUT2D eigenvalue weighted by molar-refractivity contribution is 9.10. The molecule has 0 aliphatic rings. The second-order valence-corrected chi connectivity index (χ2v) is 4.95. The van der Waals surface area contributed by atoms with E-state index in [0.29, 0.717) is 25.3 Å². The summed E-state index contributed by atoms with van der Waals surface area (Å²) in [6, 6.07) is 5.09. The van der Waals surface area contributed by atoms with Gasteiger partial charge in [-0.05, 0) is 25.5 Å². The summed E-state index contributed by atoms with van der Waals surface area (Å²) in [6.07, 6.45) is 2.68. The van der Waals surface area contributed by atoms with Gasteiger partial charge in [0.1, 0.15) is 5.82 Å². The second kappa shape index (κ2) is 8.40. The van der Waals surface area contributed by atoms with Crippen molar-refractivity contribution in [3.8, 4) is 0 Å². The van der Waals surface area contributed by atoms with Crippen molar-refractivity contribution < 1.29 is 9.13 Å². The predicted octanol–water partition coefficient (Wildman–Crippen LogP) is 3.83. The van der Waals surface area contributed by atoms with Crippen LogP contribution in [0.3, 0.4) is 0 Å². The van der Waals surface area contributed by atoms with Crippen molar-refractivity contribution in [2.45, 2.75) is 19.4 Å². The first-order valence-corrected chi connectivity index (χ1v) is 6.81. The molecule has 0 saturated carbocycles. The molecule has 1 rings (SSSR count). The van der Waals surface area contributed by atoms with Crippen molar-refractivity contribution in [1.29, 1.82) is 0 Å². The molecule has 0 bridgehead atoms. The predicted molar refractivity (Wildman–Crippen MR) is 76.2 cm³/mol. The Morgan fingerprint density at radius 3 is 2.94 bits per heavy atom. The Bertz CT molecular complexity index is 384. The van der Waals surface area contributed by atoms with Gasteiger partial charge in [-0.15, -0.1) is 6.58 Å². The van der Waals surface area contributed by atoms with Crippen LogP contribution in [0.5, 0.6) is 0 Å². The molecule has 0 fully saturated rings. The number of ether oxygens (including phenoxy) is 1. The number of nitrogens with one attached hydrogen (secondary N) is 1. The van der Waals surface area contributed by atoms with E-state index in [1.807, 2.05) is 19.1 Å². The van der Waals surface area contributed by atoms with Crippen LogP contribution in [0.25, 0.3) is 0 Å². The van der Waals surface area contributed by atoms with Crippen LogP contribution in [0.15, 0.2) is 35.3 Å². The van der Waals surface area contributed by atoms with Crippen LogP contribution in [0.1, 0.15) is 24.9 Å². The van der Waals surface area contributed by atoms with E-state index >= 15 is 0 Å². The zero-order chi connectivity index (χ0) is 13.4. The van der Waals surface area contributed by atoms with Crippen molar-refractivity contribution in [1.82, 2.24) is 5.32 Å². The fraction of sp³-hybridized carbons (Fsp3) is 0.429. The number of benzene rings is 1. The van der Waals surface area contributed by atoms with Gasteiger partial charge in [-0.2, -0.15) is 0 Å². The van der Waals surface area contributed by atoms with Gasteiger partial charge in [0.2, 0.25) is 0 Å². The lowest BCUT2D eigenvalue weighted by Gasteiger charge is -2.15. The minimum Gasteiger partial charge on any atom is -0.380 e. The summed E-state index contributed by atoms with van der Waals surface area (Å²) < 4.78 is 19.8. The minimum absolute atomic E-state index is 0.0268. The Kier molecular flexibility index (Phi) is 7.16. The molecule has 1 aromatic rings. The second-order valence-electron chi connectivity index (χ2n) is 4.03. The summed E-state index contributed by atoms with van der Waals surface area (Å²) in [5, 5.41) is 3.23. The molecule has 0 spiro atoms. The molecular weight excluding hydrogens is 297 g/mol. The summed E-state index contributed by atoms with van der Waals surface area (Å²) in [5.41, 5.74) is 0.671. The van der Waals surface area contributed by atoms with Crippen LogP contribution in [-0.4, -0.2) is 19.8 Å². The van der Waals surface area contributed by atoms with Gasteiger partial charge in [0.15, 0.2) is 0 Å². The standard InChI is InChI=1S/C14H19BrFNO/c1-3-4-8-18-9-7-17-11(2)13-6-5-12(15)10-14(13)16/h3,5-6,10-11,17H,1,4,7-9H2,2H3. The molecule has 0 aliphatic heterocycles. The summed E-state index contributed by atoms with van der Waals surface area (Å²) >= 11 is 3.24. The lowest BCUT2D eigenvalue weighted by Crippen LogP contribution is -2.24. The molecule has 0 aliphatic carbocycles. The molecule has 1 N–H and O–H groups in total. The third kappa shape index (κ3) is 5.29. The maximum Gasteiger partial charge on any atom is 0.129 e. The average Bonchev–Trinajstić information content (AvgIpc) is 2.33. The number of hydrogen-bond donors (Lipinski definition) is 1. The summed E-state index contributed by atoms with van der Waals surface area (Å²) in [6.45, 7) is 7.57. The summed E-state index contributed by atoms with van der Waals surface area (Å²) in [7, 11) is 0. The normalized spacial score (nSPS) is 12.4. The molecule has 1 unspecified atom stereocenters. The minimum atomic E-state index is -0.197. The van der Waals surface area contributed by atoms with E-state index in [1.165, 1.54) is 6.07 Å². The highest BCUT2D eigenvalue weighted by atomic mass is 79.9. The first-order valence-electron chi connectivity index (χ1n) is 6.02. The smallest absolute Gasteiger partial charge is 0.129 e. The van der Waals surface area contributed by atoms with E-state index in [9.17, 15) is 4.39 Å². The topological polar surface area (TPSA) is 21.3 Å². The molecule has 0 radical (unpaired) electrons. The lowest BCUT2D eigenvalue weighted by molar-refractivity contribution is 0.138. The van der Waals surface area contributed by atoms with Gasteiger partial charge in [0.05, 0.1) is 13.2 Å². The SMILES string of the molecule is C=CCCOCCNC(C)c1ccc(Br)cc1F. The van der Waals surface area contributed by atoms with Crippen LogP contribution in [0, 0.1) is 5.82 Å². The molecule has 1 aromatic carbocycles. The molecule has 2 nitrogen and oxygen atoms in total. The first-order chi connectivity index (χ1) is 8.65. The quantitative estimate of drug-likeness (QED) is 0.581. The molecule has 100 valence electrons. The molecule has 1 atom stereocenters. The van der Waals surface area contributed by atoms with Crippen molar-refractivity contribution in [3.63, 3.8) is 0 Å². The fourth-order valence-electron chi connectivity index (χ4n) is 1.58. The van der Waals surface area contributed by atoms with E-state index in [2.05, 4.69) is 27.8 Å². The van der Waals surface area contributed by atoms with E-state index in [4.69, 9.17) is 4.74 Å². The van der Waals surface area contributed by atoms with E-state index < -0.39 is 0 Å². The van der Waals surface area contributed by atoms with Crippen molar-refractivity contribution in [2.75, 3.05) is 19.8 Å². The van der Waals surface area contributed by atoms with E-state index in [0.717, 1.165) is 10.9 Å². The molecule has 4 heteroatoms. The van der Waals surface area contributed by atoms with Crippen LogP contribution < -0.4 is 5.32 Å². The number of rotatable bonds is 8. The molecule has 0 heterocycles. The van der Waals surface area contributed by atoms with Crippen LogP contribution in [-0.2, 0) is 4.74 Å². The van der Waals surface area contributed by atoms with Gasteiger partial charge in [0, 0.05) is 22.6 Å². The zero-order valence-corrected chi connectivity index (χ0v) is 12.2. The van der Waals surface area contributed by atoms with Gasteiger partial charge >= 0.3 is 0 Å². The Morgan fingerprint density at radius 1 is 1.50 bits per heavy atom. The molecule has 0 amide bonds. The van der Waals surface area contributed by atoms with Crippen LogP contribution in [0.2, 0.25) is 0 Å². The molecule has 0 aromatic heterocycles. The Labute approximate surface area is 116 Å². The van der Waals surface area contributed by atoms with E-state index in [-0.39, 0.29) is 11.9 Å². The number of hydrogen-bond acceptors (Lipinski definition) is 2. The molecule has 18 heavy (non-hydrogen) atoms. The average molecular weight is 316 g/mol. The summed E-state index contributed by atoms with van der Waals surface area (Å²) in [5.74, 6) is -0.197. The highest BCUT2D eigenvalue weighted by Gasteiger charge is 2.10. The highest BCUT2D eigenvalue weighted by Crippen LogP contribution is 2.20. The first kappa shape index (κ1) is 15.3.